The number of benzene rings is 1. The van der Waals surface area contributed by atoms with Crippen LogP contribution in [0, 0.1) is 6.92 Å². The molecule has 146 valence electrons. The van der Waals surface area contributed by atoms with Crippen molar-refractivity contribution in [2.24, 2.45) is 7.05 Å². The molecule has 0 saturated carbocycles. The molecule has 0 amide bonds. The standard InChI is InChI=1S/C20H22N4O2S2/c1-13-15(11-21-24(13)3)12-23(2)20(27)22-18-16(19(25)26-4)10-17(28-18)14-8-6-5-7-9-14/h5-11H,12H2,1-4H3,(H,22,27). The van der Waals surface area contributed by atoms with Crippen molar-refractivity contribution < 1.29 is 9.53 Å². The van der Waals surface area contributed by atoms with E-state index in [1.807, 2.05) is 73.2 Å². The van der Waals surface area contributed by atoms with Gasteiger partial charge in [0.15, 0.2) is 5.11 Å². The zero-order valence-corrected chi connectivity index (χ0v) is 17.9. The van der Waals surface area contributed by atoms with Crippen LogP contribution in [0.5, 0.6) is 0 Å². The predicted molar refractivity (Wildman–Crippen MR) is 117 cm³/mol. The maximum Gasteiger partial charge on any atom is 0.340 e. The van der Waals surface area contributed by atoms with Crippen LogP contribution in [0.2, 0.25) is 0 Å². The Bertz CT molecular complexity index is 995. The van der Waals surface area contributed by atoms with Crippen molar-refractivity contribution in [3.05, 3.63) is 59.4 Å². The Morgan fingerprint density at radius 2 is 2.07 bits per heavy atom. The van der Waals surface area contributed by atoms with Gasteiger partial charge in [0.2, 0.25) is 0 Å². The molecule has 8 heteroatoms. The van der Waals surface area contributed by atoms with Crippen LogP contribution in [-0.2, 0) is 18.3 Å². The first-order valence-electron chi connectivity index (χ1n) is 8.68. The van der Waals surface area contributed by atoms with Crippen LogP contribution in [-0.4, -0.2) is 39.9 Å². The molecule has 3 rings (SSSR count). The van der Waals surface area contributed by atoms with Gasteiger partial charge in [-0.3, -0.25) is 4.68 Å². The largest absolute Gasteiger partial charge is 0.465 e. The van der Waals surface area contributed by atoms with Gasteiger partial charge in [0.05, 0.1) is 18.9 Å². The number of aryl methyl sites for hydroxylation is 1. The number of methoxy groups -OCH3 is 1. The first-order chi connectivity index (χ1) is 13.4. The quantitative estimate of drug-likeness (QED) is 0.502. The van der Waals surface area contributed by atoms with E-state index >= 15 is 0 Å². The van der Waals surface area contributed by atoms with E-state index < -0.39 is 5.97 Å². The van der Waals surface area contributed by atoms with Crippen LogP contribution in [0.3, 0.4) is 0 Å². The molecule has 0 atom stereocenters. The number of esters is 1. The van der Waals surface area contributed by atoms with Gasteiger partial charge in [0.25, 0.3) is 0 Å². The summed E-state index contributed by atoms with van der Waals surface area (Å²) in [5.41, 5.74) is 3.70. The number of carbonyl (C=O) groups is 1. The number of rotatable bonds is 5. The number of carbonyl (C=O) groups excluding carboxylic acids is 1. The van der Waals surface area contributed by atoms with Gasteiger partial charge in [-0.05, 0) is 30.8 Å². The molecule has 0 bridgehead atoms. The first kappa shape index (κ1) is 20.0. The minimum Gasteiger partial charge on any atom is -0.465 e. The van der Waals surface area contributed by atoms with Gasteiger partial charge in [0.1, 0.15) is 5.00 Å². The second-order valence-corrected chi connectivity index (χ2v) is 7.81. The minimum absolute atomic E-state index is 0.394. The highest BCUT2D eigenvalue weighted by molar-refractivity contribution is 7.80. The predicted octanol–water partition coefficient (Wildman–Crippen LogP) is 4.07. The van der Waals surface area contributed by atoms with Gasteiger partial charge in [-0.1, -0.05) is 30.3 Å². The number of thiophene rings is 1. The molecule has 0 aliphatic heterocycles. The molecule has 0 radical (unpaired) electrons. The summed E-state index contributed by atoms with van der Waals surface area (Å²) >= 11 is 7.03. The average molecular weight is 415 g/mol. The third-order valence-corrected chi connectivity index (χ3v) is 6.02. The Hall–Kier alpha value is -2.71. The van der Waals surface area contributed by atoms with Crippen LogP contribution in [0.4, 0.5) is 5.00 Å². The van der Waals surface area contributed by atoms with Crippen molar-refractivity contribution in [2.45, 2.75) is 13.5 Å². The molecule has 0 saturated heterocycles. The lowest BCUT2D eigenvalue weighted by atomic mass is 10.1. The smallest absolute Gasteiger partial charge is 0.340 e. The van der Waals surface area contributed by atoms with Crippen molar-refractivity contribution in [3.8, 4) is 10.4 Å². The fourth-order valence-corrected chi connectivity index (χ4v) is 3.99. The molecule has 0 unspecified atom stereocenters. The van der Waals surface area contributed by atoms with E-state index in [1.165, 1.54) is 18.4 Å². The summed E-state index contributed by atoms with van der Waals surface area (Å²) in [4.78, 5) is 15.1. The van der Waals surface area contributed by atoms with Gasteiger partial charge >= 0.3 is 5.97 Å². The lowest BCUT2D eigenvalue weighted by molar-refractivity contribution is 0.0602. The van der Waals surface area contributed by atoms with Crippen LogP contribution in [0.1, 0.15) is 21.6 Å². The molecule has 3 aromatic rings. The van der Waals surface area contributed by atoms with Crippen molar-refractivity contribution in [2.75, 3.05) is 19.5 Å². The maximum absolute atomic E-state index is 12.2. The average Bonchev–Trinajstić information content (AvgIpc) is 3.26. The molecular formula is C20H22N4O2S2. The minimum atomic E-state index is -0.394. The number of nitrogens with one attached hydrogen (secondary N) is 1. The molecule has 2 heterocycles. The van der Waals surface area contributed by atoms with Crippen molar-refractivity contribution in [1.29, 1.82) is 0 Å². The van der Waals surface area contributed by atoms with Gasteiger partial charge in [-0.25, -0.2) is 4.79 Å². The number of anilines is 1. The number of nitrogens with zero attached hydrogens (tertiary/aromatic N) is 3. The van der Waals surface area contributed by atoms with Gasteiger partial charge in [-0.15, -0.1) is 11.3 Å². The Morgan fingerprint density at radius 3 is 2.68 bits per heavy atom. The third-order valence-electron chi connectivity index (χ3n) is 4.51. The zero-order chi connectivity index (χ0) is 20.3. The zero-order valence-electron chi connectivity index (χ0n) is 16.2. The second-order valence-electron chi connectivity index (χ2n) is 6.38. The Balaban J connectivity index is 1.81. The molecule has 0 fully saturated rings. The number of hydrogen-bond donors (Lipinski definition) is 1. The van der Waals surface area contributed by atoms with E-state index in [4.69, 9.17) is 17.0 Å². The number of hydrogen-bond acceptors (Lipinski definition) is 5. The summed E-state index contributed by atoms with van der Waals surface area (Å²) in [7, 11) is 5.20. The third kappa shape index (κ3) is 4.23. The molecule has 0 aliphatic carbocycles. The Labute approximate surface area is 173 Å². The molecule has 0 spiro atoms. The Kier molecular flexibility index (Phi) is 6.11. The molecule has 6 nitrogen and oxygen atoms in total. The first-order valence-corrected chi connectivity index (χ1v) is 9.90. The summed E-state index contributed by atoms with van der Waals surface area (Å²) in [5, 5.41) is 8.67. The maximum atomic E-state index is 12.2. The highest BCUT2D eigenvalue weighted by Gasteiger charge is 2.19. The number of thiocarbonyl (C=S) groups is 1. The monoisotopic (exact) mass is 414 g/mol. The van der Waals surface area contributed by atoms with Gasteiger partial charge < -0.3 is 15.0 Å². The van der Waals surface area contributed by atoms with E-state index in [9.17, 15) is 4.79 Å². The fourth-order valence-electron chi connectivity index (χ4n) is 2.71. The molecule has 1 N–H and O–H groups in total. The van der Waals surface area contributed by atoms with Crippen molar-refractivity contribution >= 4 is 39.6 Å². The summed E-state index contributed by atoms with van der Waals surface area (Å²) in [5.74, 6) is -0.394. The number of ether oxygens (including phenoxy) is 1. The molecule has 0 aliphatic rings. The van der Waals surface area contributed by atoms with Crippen molar-refractivity contribution in [1.82, 2.24) is 14.7 Å². The summed E-state index contributed by atoms with van der Waals surface area (Å²) < 4.78 is 6.78. The SMILES string of the molecule is COC(=O)c1cc(-c2ccccc2)sc1NC(=S)N(C)Cc1cnn(C)c1C. The van der Waals surface area contributed by atoms with Gasteiger partial charge in [-0.2, -0.15) is 5.10 Å². The molecule has 2 aromatic heterocycles. The lowest BCUT2D eigenvalue weighted by Gasteiger charge is -2.20. The molecule has 28 heavy (non-hydrogen) atoms. The van der Waals surface area contributed by atoms with E-state index in [0.29, 0.717) is 22.2 Å². The van der Waals surface area contributed by atoms with Crippen LogP contribution >= 0.6 is 23.6 Å². The summed E-state index contributed by atoms with van der Waals surface area (Å²) in [6.07, 6.45) is 1.84. The highest BCUT2D eigenvalue weighted by Crippen LogP contribution is 2.36. The van der Waals surface area contributed by atoms with E-state index in [0.717, 1.165) is 21.7 Å². The van der Waals surface area contributed by atoms with Crippen LogP contribution in [0.25, 0.3) is 10.4 Å². The Morgan fingerprint density at radius 1 is 1.36 bits per heavy atom. The molecular weight excluding hydrogens is 392 g/mol. The van der Waals surface area contributed by atoms with Crippen molar-refractivity contribution in [3.63, 3.8) is 0 Å². The lowest BCUT2D eigenvalue weighted by Crippen LogP contribution is -2.31. The highest BCUT2D eigenvalue weighted by atomic mass is 32.1. The van der Waals surface area contributed by atoms with E-state index in [1.54, 1.807) is 0 Å². The molecule has 1 aromatic carbocycles. The summed E-state index contributed by atoms with van der Waals surface area (Å²) in [6.45, 7) is 2.64. The van der Waals surface area contributed by atoms with Crippen LogP contribution in [0.15, 0.2) is 42.6 Å². The normalized spacial score (nSPS) is 10.6. The fraction of sp³-hybridized carbons (Fsp3) is 0.250. The number of aromatic nitrogens is 2. The second kappa shape index (κ2) is 8.53. The van der Waals surface area contributed by atoms with Gasteiger partial charge in [0, 0.05) is 36.8 Å². The van der Waals surface area contributed by atoms with E-state index in [-0.39, 0.29) is 0 Å². The van der Waals surface area contributed by atoms with Crippen LogP contribution < -0.4 is 5.32 Å². The summed E-state index contributed by atoms with van der Waals surface area (Å²) in [6, 6.07) is 11.7. The van der Waals surface area contributed by atoms with E-state index in [2.05, 4.69) is 10.4 Å². The topological polar surface area (TPSA) is 59.4 Å².